The fraction of sp³-hybridized carbons (Fsp3) is 0.400. The van der Waals surface area contributed by atoms with E-state index in [4.69, 9.17) is 13.9 Å². The highest BCUT2D eigenvalue weighted by molar-refractivity contribution is 9.13. The molecular formula is C10H7Br2NO5S. The molecule has 0 atom stereocenters. The normalized spacial score (nSPS) is 30.9. The summed E-state index contributed by atoms with van der Waals surface area (Å²) in [4.78, 5) is 22.9. The van der Waals surface area contributed by atoms with Crippen molar-refractivity contribution in [3.8, 4) is 0 Å². The minimum Gasteiger partial charge on any atom is -0.448 e. The van der Waals surface area contributed by atoms with Crippen LogP contribution in [0.2, 0.25) is 0 Å². The molecule has 0 radical (unpaired) electrons. The van der Waals surface area contributed by atoms with Crippen LogP contribution in [0.1, 0.15) is 12.1 Å². The zero-order valence-electron chi connectivity index (χ0n) is 9.27. The predicted octanol–water partition coefficient (Wildman–Crippen LogP) is 2.57. The van der Waals surface area contributed by atoms with Crippen molar-refractivity contribution >= 4 is 54.8 Å². The summed E-state index contributed by atoms with van der Waals surface area (Å²) in [5.74, 6) is 0.117. The van der Waals surface area contributed by atoms with Gasteiger partial charge in [0.2, 0.25) is 12.2 Å². The average Bonchev–Trinajstić information content (AvgIpc) is 2.82. The highest BCUT2D eigenvalue weighted by Gasteiger charge is 2.52. The van der Waals surface area contributed by atoms with Gasteiger partial charge in [-0.2, -0.15) is 0 Å². The van der Waals surface area contributed by atoms with Crippen molar-refractivity contribution in [2.75, 3.05) is 13.2 Å². The Bertz CT molecular complexity index is 533. The van der Waals surface area contributed by atoms with E-state index in [1.807, 2.05) is 0 Å². The fourth-order valence-electron chi connectivity index (χ4n) is 1.80. The first-order valence-corrected chi connectivity index (χ1v) is 7.63. The van der Waals surface area contributed by atoms with Gasteiger partial charge in [-0.05, 0) is 43.6 Å². The van der Waals surface area contributed by atoms with E-state index in [9.17, 15) is 9.59 Å². The molecule has 0 aliphatic carbocycles. The Labute approximate surface area is 128 Å². The molecule has 1 spiro atoms. The van der Waals surface area contributed by atoms with Crippen LogP contribution in [-0.2, 0) is 14.3 Å². The Morgan fingerprint density at radius 1 is 1.32 bits per heavy atom. The van der Waals surface area contributed by atoms with Gasteiger partial charge in [-0.15, -0.1) is 0 Å². The molecule has 0 aromatic carbocycles. The fourth-order valence-corrected chi connectivity index (χ4v) is 3.30. The lowest BCUT2D eigenvalue weighted by Gasteiger charge is -2.32. The number of nitrogens with one attached hydrogen (secondary N) is 1. The SMILES string of the molecule is O=C1NC(=O)C2(COC(c3cc(Br)c(Br)o3)OC2)S1. The van der Waals surface area contributed by atoms with E-state index in [0.717, 1.165) is 16.2 Å². The van der Waals surface area contributed by atoms with Crippen LogP contribution in [0.4, 0.5) is 4.79 Å². The van der Waals surface area contributed by atoms with Gasteiger partial charge in [0.05, 0.1) is 17.7 Å². The van der Waals surface area contributed by atoms with Gasteiger partial charge >= 0.3 is 0 Å². The second-order valence-electron chi connectivity index (χ2n) is 4.06. The number of carbonyl (C=O) groups is 2. The molecule has 1 N–H and O–H groups in total. The van der Waals surface area contributed by atoms with E-state index in [1.54, 1.807) is 6.07 Å². The van der Waals surface area contributed by atoms with Gasteiger partial charge in [-0.1, -0.05) is 0 Å². The number of hydrogen-bond donors (Lipinski definition) is 1. The van der Waals surface area contributed by atoms with Gasteiger partial charge in [0.15, 0.2) is 15.2 Å². The van der Waals surface area contributed by atoms with Crippen LogP contribution in [0.3, 0.4) is 0 Å². The minimum absolute atomic E-state index is 0.0931. The molecule has 2 aliphatic rings. The van der Waals surface area contributed by atoms with Crippen molar-refractivity contribution < 1.29 is 23.5 Å². The number of imide groups is 1. The van der Waals surface area contributed by atoms with Crippen molar-refractivity contribution in [3.05, 3.63) is 21.0 Å². The number of furan rings is 1. The van der Waals surface area contributed by atoms with Gasteiger partial charge in [0, 0.05) is 6.07 Å². The van der Waals surface area contributed by atoms with E-state index in [2.05, 4.69) is 37.2 Å². The van der Waals surface area contributed by atoms with Crippen molar-refractivity contribution in [2.24, 2.45) is 0 Å². The van der Waals surface area contributed by atoms with Crippen molar-refractivity contribution in [1.82, 2.24) is 5.32 Å². The highest BCUT2D eigenvalue weighted by Crippen LogP contribution is 2.40. The molecule has 2 fully saturated rings. The predicted molar refractivity (Wildman–Crippen MR) is 72.6 cm³/mol. The third kappa shape index (κ3) is 2.38. The summed E-state index contributed by atoms with van der Waals surface area (Å²) in [6.07, 6.45) is -0.683. The molecule has 6 nitrogen and oxygen atoms in total. The van der Waals surface area contributed by atoms with E-state index < -0.39 is 11.0 Å². The lowest BCUT2D eigenvalue weighted by molar-refractivity contribution is -0.204. The molecule has 3 heterocycles. The maximum absolute atomic E-state index is 11.7. The molecule has 2 amide bonds. The Hall–Kier alpha value is -0.350. The zero-order valence-corrected chi connectivity index (χ0v) is 13.3. The molecule has 19 heavy (non-hydrogen) atoms. The molecule has 0 saturated carbocycles. The van der Waals surface area contributed by atoms with Gasteiger partial charge in [-0.25, -0.2) is 0 Å². The second kappa shape index (κ2) is 4.88. The number of ether oxygens (including phenoxy) is 2. The molecule has 9 heteroatoms. The van der Waals surface area contributed by atoms with E-state index >= 15 is 0 Å². The summed E-state index contributed by atoms with van der Waals surface area (Å²) in [6.45, 7) is 0.186. The molecule has 102 valence electrons. The Morgan fingerprint density at radius 2 is 2.00 bits per heavy atom. The number of hydrogen-bond acceptors (Lipinski definition) is 6. The maximum atomic E-state index is 11.7. The molecule has 0 unspecified atom stereocenters. The largest absolute Gasteiger partial charge is 0.448 e. The van der Waals surface area contributed by atoms with E-state index in [-0.39, 0.29) is 24.4 Å². The maximum Gasteiger partial charge on any atom is 0.286 e. The molecule has 1 aromatic heterocycles. The quantitative estimate of drug-likeness (QED) is 0.763. The molecule has 1 aromatic rings. The molecular weight excluding hydrogens is 406 g/mol. The Morgan fingerprint density at radius 3 is 2.47 bits per heavy atom. The number of halogens is 2. The van der Waals surface area contributed by atoms with Crippen molar-refractivity contribution in [2.45, 2.75) is 11.0 Å². The van der Waals surface area contributed by atoms with Gasteiger partial charge in [0.25, 0.3) is 5.24 Å². The van der Waals surface area contributed by atoms with Crippen LogP contribution in [-0.4, -0.2) is 29.1 Å². The number of thioether (sulfide) groups is 1. The molecule has 3 rings (SSSR count). The minimum atomic E-state index is -0.978. The average molecular weight is 413 g/mol. The van der Waals surface area contributed by atoms with Crippen LogP contribution in [0.25, 0.3) is 0 Å². The Balaban J connectivity index is 1.73. The van der Waals surface area contributed by atoms with Gasteiger partial charge in [0.1, 0.15) is 0 Å². The van der Waals surface area contributed by atoms with E-state index in [1.165, 1.54) is 0 Å². The smallest absolute Gasteiger partial charge is 0.286 e. The second-order valence-corrected chi connectivity index (χ2v) is 6.99. The van der Waals surface area contributed by atoms with Gasteiger partial charge in [-0.3, -0.25) is 14.9 Å². The van der Waals surface area contributed by atoms with Crippen LogP contribution in [0.15, 0.2) is 19.6 Å². The van der Waals surface area contributed by atoms with Crippen LogP contribution in [0.5, 0.6) is 0 Å². The van der Waals surface area contributed by atoms with E-state index in [0.29, 0.717) is 10.4 Å². The Kier molecular flexibility index (Phi) is 3.50. The highest BCUT2D eigenvalue weighted by atomic mass is 79.9. The topological polar surface area (TPSA) is 77.8 Å². The van der Waals surface area contributed by atoms with Crippen LogP contribution < -0.4 is 5.32 Å². The third-order valence-electron chi connectivity index (χ3n) is 2.75. The summed E-state index contributed by atoms with van der Waals surface area (Å²) >= 11 is 7.42. The lowest BCUT2D eigenvalue weighted by atomic mass is 10.1. The first kappa shape index (κ1) is 13.6. The number of carbonyl (C=O) groups excluding carboxylic acids is 2. The molecule has 2 aliphatic heterocycles. The summed E-state index contributed by atoms with van der Waals surface area (Å²) in [5.41, 5.74) is 0. The monoisotopic (exact) mass is 411 g/mol. The zero-order chi connectivity index (χ0) is 13.6. The number of amides is 2. The summed E-state index contributed by atoms with van der Waals surface area (Å²) in [5, 5.41) is 1.86. The van der Waals surface area contributed by atoms with Crippen LogP contribution >= 0.6 is 43.6 Å². The summed E-state index contributed by atoms with van der Waals surface area (Å²) in [7, 11) is 0. The first-order valence-electron chi connectivity index (χ1n) is 5.22. The standard InChI is InChI=1S/C10H7Br2NO5S/c11-4-1-5(18-6(4)12)7-16-2-10(3-17-7)8(14)13-9(15)19-10/h1,7H,2-3H2,(H,13,14,15). The number of rotatable bonds is 1. The van der Waals surface area contributed by atoms with Gasteiger partial charge < -0.3 is 13.9 Å². The molecule has 0 bridgehead atoms. The third-order valence-corrected chi connectivity index (χ3v) is 5.56. The lowest BCUT2D eigenvalue weighted by Crippen LogP contribution is -2.48. The van der Waals surface area contributed by atoms with Crippen molar-refractivity contribution in [1.29, 1.82) is 0 Å². The summed E-state index contributed by atoms with van der Waals surface area (Å²) < 4.78 is 16.7. The summed E-state index contributed by atoms with van der Waals surface area (Å²) in [6, 6.07) is 1.72. The van der Waals surface area contributed by atoms with Crippen LogP contribution in [0, 0.1) is 0 Å². The molecule has 2 saturated heterocycles. The van der Waals surface area contributed by atoms with Crippen molar-refractivity contribution in [3.63, 3.8) is 0 Å². The first-order chi connectivity index (χ1) is 9.00.